The maximum atomic E-state index is 14.9. The second kappa shape index (κ2) is 17.1. The maximum Gasteiger partial charge on any atom is 0.305 e. The van der Waals surface area contributed by atoms with E-state index >= 15 is 0 Å². The van der Waals surface area contributed by atoms with Crippen LogP contribution in [0.1, 0.15) is 93.0 Å². The number of aromatic nitrogens is 4. The van der Waals surface area contributed by atoms with E-state index in [1.807, 2.05) is 19.9 Å². The molecule has 0 radical (unpaired) electrons. The van der Waals surface area contributed by atoms with Crippen molar-refractivity contribution in [2.24, 2.45) is 5.73 Å². The highest BCUT2D eigenvalue weighted by Gasteiger charge is 2.33. The summed E-state index contributed by atoms with van der Waals surface area (Å²) in [6.07, 6.45) is 6.95. The minimum atomic E-state index is -1.70. The Hall–Kier alpha value is -6.94. The van der Waals surface area contributed by atoms with E-state index in [0.717, 1.165) is 22.3 Å². The molecule has 0 unspecified atom stereocenters. The van der Waals surface area contributed by atoms with Gasteiger partial charge in [-0.3, -0.25) is 28.8 Å². The number of hydrogen-bond donors (Lipinski definition) is 10. The molecule has 11 N–H and O–H groups in total. The molecule has 0 saturated carbocycles. The molecule has 8 bridgehead atoms. The van der Waals surface area contributed by atoms with Gasteiger partial charge in [-0.25, -0.2) is 0 Å². The number of nitrogens with two attached hydrogens (primary N) is 1. The van der Waals surface area contributed by atoms with Crippen molar-refractivity contribution in [3.8, 4) is 0 Å². The van der Waals surface area contributed by atoms with Gasteiger partial charge in [0.1, 0.15) is 6.04 Å². The van der Waals surface area contributed by atoms with Crippen LogP contribution in [0.5, 0.6) is 0 Å². The maximum absolute atomic E-state index is 14.9. The molecule has 2 atom stereocenters. The topological polar surface area (TPSA) is 285 Å². The Morgan fingerprint density at radius 1 is 0.655 bits per heavy atom. The minimum Gasteiger partial charge on any atom is -0.481 e. The molecule has 0 aliphatic carbocycles. The Kier molecular flexibility index (Phi) is 12.4. The highest BCUT2D eigenvalue weighted by molar-refractivity contribution is 6.24. The molecule has 304 valence electrons. The number of carboxylic acids is 4. The molecule has 0 aromatic carbocycles. The molecule has 5 rings (SSSR count). The van der Waals surface area contributed by atoms with E-state index in [0.29, 0.717) is 55.4 Å². The number of H-pyrrole nitrogens is 4. The smallest absolute Gasteiger partial charge is 0.305 e. The fourth-order valence-corrected chi connectivity index (χ4v) is 7.41. The normalized spacial score (nSPS) is 13.0. The molecule has 1 amide bonds. The number of aromatic amines is 4. The molecule has 0 fully saturated rings. The van der Waals surface area contributed by atoms with Gasteiger partial charge < -0.3 is 51.4 Å². The minimum absolute atomic E-state index is 0.0474. The first-order valence-electron chi connectivity index (χ1n) is 18.4. The highest BCUT2D eigenvalue weighted by Crippen LogP contribution is 2.28. The van der Waals surface area contributed by atoms with Crippen molar-refractivity contribution in [3.05, 3.63) is 102 Å². The Labute approximate surface area is 331 Å². The van der Waals surface area contributed by atoms with Gasteiger partial charge in [0.25, 0.3) is 0 Å². The molecular weight excluding hydrogens is 748 g/mol. The number of ketones is 1. The van der Waals surface area contributed by atoms with Crippen molar-refractivity contribution in [1.29, 1.82) is 0 Å². The number of rotatable bonds is 16. The summed E-state index contributed by atoms with van der Waals surface area (Å²) in [6, 6.07) is -3.28. The number of Topliss-reactive ketones (excluding diaryl/α,β-unsaturated/α-hetero) is 1. The lowest BCUT2D eigenvalue weighted by atomic mass is 9.94. The van der Waals surface area contributed by atoms with Gasteiger partial charge in [0.15, 0.2) is 5.78 Å². The molecule has 0 saturated heterocycles. The number of fused-ring (bicyclic) bond motifs is 8. The number of amides is 1. The molecule has 4 aromatic heterocycles. The number of carbonyl (C=O) groups excluding carboxylic acids is 2. The van der Waals surface area contributed by atoms with Crippen LogP contribution in [0.15, 0.2) is 13.2 Å². The summed E-state index contributed by atoms with van der Waals surface area (Å²) in [5, 5.41) is 42.7. The average Bonchev–Trinajstić information content (AvgIpc) is 3.81. The van der Waals surface area contributed by atoms with E-state index in [1.165, 1.54) is 6.08 Å². The Morgan fingerprint density at radius 3 is 1.81 bits per heavy atom. The van der Waals surface area contributed by atoms with Gasteiger partial charge in [0.05, 0.1) is 35.5 Å². The first kappa shape index (κ1) is 42.2. The fraction of sp³-hybridized carbons (Fsp3) is 0.286. The predicted molar refractivity (Wildman–Crippen MR) is 215 cm³/mol. The van der Waals surface area contributed by atoms with Crippen molar-refractivity contribution in [1.82, 2.24) is 25.3 Å². The first-order valence-corrected chi connectivity index (χ1v) is 18.4. The second-order valence-corrected chi connectivity index (χ2v) is 14.2. The summed E-state index contributed by atoms with van der Waals surface area (Å²) in [5.41, 5.74) is 12.9. The van der Waals surface area contributed by atoms with Crippen molar-refractivity contribution in [2.45, 2.75) is 78.3 Å². The zero-order valence-corrected chi connectivity index (χ0v) is 32.5. The molecule has 5 heterocycles. The SMILES string of the molecule is C=Cc1c2[nH]c(c1C)C(C(=O)[C@H](CC(=O)O)NC(=O)[C@@H](N)CC(=O)O)=c1[nH]c(c(C)c1C=C)=Cc1[nH]c(c(CCC(=O)O)c1C)C=c1[nH]c(c(C)c1CCC(=O)O)=C2. The molecule has 1 aliphatic heterocycles. The third-order valence-electron chi connectivity index (χ3n) is 10.5. The lowest BCUT2D eigenvalue weighted by Gasteiger charge is -2.20. The quantitative estimate of drug-likeness (QED) is 0.0760. The fourth-order valence-electron chi connectivity index (χ4n) is 7.41. The van der Waals surface area contributed by atoms with E-state index in [2.05, 4.69) is 38.4 Å². The Balaban J connectivity index is 1.95. The molecule has 16 heteroatoms. The third kappa shape index (κ3) is 8.56. The van der Waals surface area contributed by atoms with Crippen molar-refractivity contribution in [3.63, 3.8) is 0 Å². The summed E-state index contributed by atoms with van der Waals surface area (Å²) in [5.74, 6) is -6.63. The van der Waals surface area contributed by atoms with Crippen LogP contribution >= 0.6 is 0 Å². The van der Waals surface area contributed by atoms with Crippen LogP contribution in [0.4, 0.5) is 0 Å². The number of carbonyl (C=O) groups is 6. The Morgan fingerprint density at radius 2 is 1.22 bits per heavy atom. The molecule has 16 nitrogen and oxygen atoms in total. The summed E-state index contributed by atoms with van der Waals surface area (Å²) in [4.78, 5) is 88.6. The number of hydrogen-bond acceptors (Lipinski definition) is 7. The molecular formula is C42H46N6O10. The van der Waals surface area contributed by atoms with Gasteiger partial charge in [-0.05, 0) is 92.1 Å². The van der Waals surface area contributed by atoms with E-state index in [4.69, 9.17) is 5.73 Å². The van der Waals surface area contributed by atoms with Gasteiger partial charge in [-0.1, -0.05) is 25.3 Å². The van der Waals surface area contributed by atoms with Gasteiger partial charge in [0.2, 0.25) is 5.91 Å². The number of aliphatic carboxylic acids is 4. The van der Waals surface area contributed by atoms with Crippen molar-refractivity contribution >= 4 is 71.5 Å². The van der Waals surface area contributed by atoms with Gasteiger partial charge in [-0.2, -0.15) is 0 Å². The second-order valence-electron chi connectivity index (χ2n) is 14.2. The molecule has 58 heavy (non-hydrogen) atoms. The van der Waals surface area contributed by atoms with Gasteiger partial charge in [-0.15, -0.1) is 0 Å². The Bertz CT molecular complexity index is 2670. The summed E-state index contributed by atoms with van der Waals surface area (Å²) >= 11 is 0. The zero-order valence-electron chi connectivity index (χ0n) is 32.5. The summed E-state index contributed by atoms with van der Waals surface area (Å²) in [6.45, 7) is 15.2. The number of nitrogens with one attached hydrogen (secondary N) is 5. The van der Waals surface area contributed by atoms with E-state index in [9.17, 15) is 49.2 Å². The van der Waals surface area contributed by atoms with Crippen molar-refractivity contribution in [2.75, 3.05) is 0 Å². The third-order valence-corrected chi connectivity index (χ3v) is 10.5. The number of carboxylic acid groups (broad SMARTS) is 4. The van der Waals surface area contributed by atoms with Crippen LogP contribution in [0, 0.1) is 27.7 Å². The first-order chi connectivity index (χ1) is 27.4. The van der Waals surface area contributed by atoms with Crippen LogP contribution in [-0.2, 0) is 41.6 Å². The lowest BCUT2D eigenvalue weighted by Crippen LogP contribution is -2.50. The van der Waals surface area contributed by atoms with Crippen LogP contribution in [0.3, 0.4) is 0 Å². The van der Waals surface area contributed by atoms with Crippen LogP contribution < -0.4 is 32.4 Å². The van der Waals surface area contributed by atoms with Gasteiger partial charge >= 0.3 is 23.9 Å². The molecule has 1 aliphatic rings. The predicted octanol–water partition coefficient (Wildman–Crippen LogP) is 0.882. The zero-order chi connectivity index (χ0) is 42.7. The van der Waals surface area contributed by atoms with Crippen LogP contribution in [0.25, 0.3) is 36.0 Å². The van der Waals surface area contributed by atoms with Crippen LogP contribution in [0.2, 0.25) is 0 Å². The highest BCUT2D eigenvalue weighted by atomic mass is 16.4. The summed E-state index contributed by atoms with van der Waals surface area (Å²) < 4.78 is 0. The molecule has 4 aromatic rings. The van der Waals surface area contributed by atoms with Crippen LogP contribution in [-0.4, -0.2) is 88.0 Å². The largest absolute Gasteiger partial charge is 0.481 e. The standard InChI is InChI=1S/C42H46N6O10/c1-7-22-21(6)39-38(41(57)33(17-37(55)56)48-42(58)26(43)13-36(53)54)40-23(8-2)18(3)29(46-40)14-27-19(4)24(9-11-34(49)50)31(44-27)16-32-25(10-12-35(51)52)20(5)28(45-32)15-30(22)47-39/h7-8,14-16,26,33,44-47H,1-2,9-13,17,43H2,3-6H3,(H,48,58)(H,49,50)(H,51,52)(H,53,54)(H,55,56)/t26-,33-/m0/s1. The van der Waals surface area contributed by atoms with E-state index in [1.54, 1.807) is 32.1 Å². The summed E-state index contributed by atoms with van der Waals surface area (Å²) in [7, 11) is 0. The average molecular weight is 795 g/mol. The van der Waals surface area contributed by atoms with Crippen molar-refractivity contribution < 1.29 is 49.2 Å². The molecule has 0 spiro atoms. The van der Waals surface area contributed by atoms with E-state index in [-0.39, 0.29) is 42.3 Å². The van der Waals surface area contributed by atoms with Gasteiger partial charge in [0, 0.05) is 57.1 Å². The lowest BCUT2D eigenvalue weighted by molar-refractivity contribution is -0.141. The van der Waals surface area contributed by atoms with E-state index < -0.39 is 60.5 Å². The monoisotopic (exact) mass is 794 g/mol.